The van der Waals surface area contributed by atoms with Gasteiger partial charge in [0.05, 0.1) is 43.5 Å². The Kier molecular flexibility index (Phi) is 5.86. The number of piperazine rings is 1. The van der Waals surface area contributed by atoms with Crippen LogP contribution in [0.5, 0.6) is 0 Å². The molecule has 1 atom stereocenters. The summed E-state index contributed by atoms with van der Waals surface area (Å²) in [5, 5.41) is 12.5. The van der Waals surface area contributed by atoms with E-state index in [9.17, 15) is 9.18 Å². The van der Waals surface area contributed by atoms with Crippen LogP contribution in [0.4, 0.5) is 4.39 Å². The van der Waals surface area contributed by atoms with Gasteiger partial charge in [0.15, 0.2) is 11.8 Å². The summed E-state index contributed by atoms with van der Waals surface area (Å²) in [5.74, 6) is 0.571. The van der Waals surface area contributed by atoms with Crippen LogP contribution < -0.4 is 4.90 Å². The number of benzene rings is 1. The number of hydrogen-bond donors (Lipinski definition) is 1. The van der Waals surface area contributed by atoms with Crippen molar-refractivity contribution >= 4 is 5.91 Å². The third kappa shape index (κ3) is 4.10. The zero-order chi connectivity index (χ0) is 22.0. The van der Waals surface area contributed by atoms with Gasteiger partial charge in [0, 0.05) is 0 Å². The molecule has 1 N–H and O–H groups in total. The number of aromatic nitrogens is 4. The molecule has 1 fully saturated rings. The van der Waals surface area contributed by atoms with Gasteiger partial charge in [-0.15, -0.1) is 5.10 Å². The number of carbonyl (C=O) groups is 1. The zero-order valence-corrected chi connectivity index (χ0v) is 18.1. The van der Waals surface area contributed by atoms with Crippen molar-refractivity contribution in [3.8, 4) is 0 Å². The second-order valence-corrected chi connectivity index (χ2v) is 8.50. The molecule has 9 heteroatoms. The molecule has 0 bridgehead atoms. The first kappa shape index (κ1) is 21.2. The third-order valence-electron chi connectivity index (χ3n) is 6.24. The zero-order valence-electron chi connectivity index (χ0n) is 18.1. The maximum atomic E-state index is 14.9. The SMILES string of the molecule is CCC(C)(C)n1nnnc1[C@H](c1ccccc1F)[NH+]1CCN(C(=O)c2ccco2)CC1. The lowest BCUT2D eigenvalue weighted by Gasteiger charge is -2.37. The second-order valence-electron chi connectivity index (χ2n) is 8.50. The lowest BCUT2D eigenvalue weighted by atomic mass is 9.98. The molecular formula is C22H28FN6O2+. The van der Waals surface area contributed by atoms with Crippen molar-refractivity contribution in [3.63, 3.8) is 0 Å². The molecule has 0 radical (unpaired) electrons. The maximum absolute atomic E-state index is 14.9. The number of halogens is 1. The van der Waals surface area contributed by atoms with E-state index in [1.807, 2.05) is 10.7 Å². The summed E-state index contributed by atoms with van der Waals surface area (Å²) in [6.07, 6.45) is 2.33. The van der Waals surface area contributed by atoms with E-state index in [1.54, 1.807) is 29.2 Å². The van der Waals surface area contributed by atoms with Crippen LogP contribution in [0.2, 0.25) is 0 Å². The first-order valence-electron chi connectivity index (χ1n) is 10.6. The van der Waals surface area contributed by atoms with Crippen LogP contribution in [-0.2, 0) is 5.54 Å². The van der Waals surface area contributed by atoms with E-state index in [4.69, 9.17) is 4.42 Å². The van der Waals surface area contributed by atoms with Gasteiger partial charge in [-0.1, -0.05) is 19.1 Å². The molecule has 0 unspecified atom stereocenters. The predicted octanol–water partition coefficient (Wildman–Crippen LogP) is 1.68. The topological polar surface area (TPSA) is 81.5 Å². The van der Waals surface area contributed by atoms with Crippen LogP contribution in [0.25, 0.3) is 0 Å². The van der Waals surface area contributed by atoms with E-state index in [2.05, 4.69) is 36.3 Å². The van der Waals surface area contributed by atoms with Gasteiger partial charge in [-0.05, 0) is 55.0 Å². The summed E-state index contributed by atoms with van der Waals surface area (Å²) < 4.78 is 22.0. The average Bonchev–Trinajstić information content (AvgIpc) is 3.48. The summed E-state index contributed by atoms with van der Waals surface area (Å²) in [6, 6.07) is 9.79. The van der Waals surface area contributed by atoms with E-state index in [0.29, 0.717) is 43.3 Å². The summed E-state index contributed by atoms with van der Waals surface area (Å²) in [7, 11) is 0. The lowest BCUT2D eigenvalue weighted by molar-refractivity contribution is -0.930. The molecule has 3 heterocycles. The number of amides is 1. The van der Waals surface area contributed by atoms with Gasteiger partial charge in [0.25, 0.3) is 5.91 Å². The first-order chi connectivity index (χ1) is 14.9. The fraction of sp³-hybridized carbons (Fsp3) is 0.455. The minimum absolute atomic E-state index is 0.122. The number of rotatable bonds is 6. The first-order valence-corrected chi connectivity index (χ1v) is 10.6. The Morgan fingerprint density at radius 2 is 1.97 bits per heavy atom. The highest BCUT2D eigenvalue weighted by Gasteiger charge is 2.39. The molecule has 8 nitrogen and oxygen atoms in total. The summed E-state index contributed by atoms with van der Waals surface area (Å²) in [5.41, 5.74) is 0.255. The molecule has 1 amide bonds. The molecule has 1 saturated heterocycles. The molecule has 164 valence electrons. The van der Waals surface area contributed by atoms with Gasteiger partial charge in [0.1, 0.15) is 5.82 Å². The highest BCUT2D eigenvalue weighted by molar-refractivity contribution is 5.91. The molecule has 1 aromatic carbocycles. The third-order valence-corrected chi connectivity index (χ3v) is 6.24. The van der Waals surface area contributed by atoms with Crippen molar-refractivity contribution in [2.24, 2.45) is 0 Å². The normalized spacial score (nSPS) is 16.5. The number of quaternary nitrogens is 1. The van der Waals surface area contributed by atoms with Crippen molar-refractivity contribution in [1.29, 1.82) is 0 Å². The van der Waals surface area contributed by atoms with Crippen LogP contribution in [-0.4, -0.2) is 57.2 Å². The van der Waals surface area contributed by atoms with Crippen LogP contribution in [0, 0.1) is 5.82 Å². The minimum atomic E-state index is -0.372. The van der Waals surface area contributed by atoms with Crippen molar-refractivity contribution in [2.75, 3.05) is 26.2 Å². The average molecular weight is 428 g/mol. The van der Waals surface area contributed by atoms with Gasteiger partial charge < -0.3 is 14.2 Å². The lowest BCUT2D eigenvalue weighted by Crippen LogP contribution is -3.15. The van der Waals surface area contributed by atoms with Crippen LogP contribution in [0.1, 0.15) is 55.2 Å². The monoisotopic (exact) mass is 427 g/mol. The van der Waals surface area contributed by atoms with Crippen molar-refractivity contribution < 1.29 is 18.5 Å². The fourth-order valence-corrected chi connectivity index (χ4v) is 4.05. The Morgan fingerprint density at radius 1 is 1.23 bits per heavy atom. The number of hydrogen-bond acceptors (Lipinski definition) is 5. The van der Waals surface area contributed by atoms with Crippen molar-refractivity contribution in [2.45, 2.75) is 38.8 Å². The van der Waals surface area contributed by atoms with E-state index in [1.165, 1.54) is 12.3 Å². The van der Waals surface area contributed by atoms with Gasteiger partial charge in [-0.25, -0.2) is 9.07 Å². The van der Waals surface area contributed by atoms with E-state index >= 15 is 0 Å². The summed E-state index contributed by atoms with van der Waals surface area (Å²) in [4.78, 5) is 15.5. The predicted molar refractivity (Wildman–Crippen MR) is 111 cm³/mol. The Hall–Kier alpha value is -3.07. The summed E-state index contributed by atoms with van der Waals surface area (Å²) >= 11 is 0. The highest BCUT2D eigenvalue weighted by atomic mass is 19.1. The molecule has 1 aliphatic heterocycles. The standard InChI is InChI=1S/C22H27FN6O2/c1-4-22(2,3)29-20(24-25-26-29)19(16-8-5-6-9-17(16)23)27-11-13-28(14-12-27)21(30)18-10-7-15-31-18/h5-10,15,19H,4,11-14H2,1-3H3/p+1/t19-/m0/s1. The Bertz CT molecular complexity index is 1020. The summed E-state index contributed by atoms with van der Waals surface area (Å²) in [6.45, 7) is 8.59. The smallest absolute Gasteiger partial charge is 0.289 e. The fourth-order valence-electron chi connectivity index (χ4n) is 4.05. The number of nitrogens with zero attached hydrogens (tertiary/aromatic N) is 5. The quantitative estimate of drug-likeness (QED) is 0.647. The van der Waals surface area contributed by atoms with Gasteiger partial charge in [-0.2, -0.15) is 0 Å². The maximum Gasteiger partial charge on any atom is 0.289 e. The van der Waals surface area contributed by atoms with Crippen molar-refractivity contribution in [3.05, 3.63) is 65.6 Å². The van der Waals surface area contributed by atoms with Crippen LogP contribution in [0.3, 0.4) is 0 Å². The molecule has 31 heavy (non-hydrogen) atoms. The molecule has 4 rings (SSSR count). The largest absolute Gasteiger partial charge is 0.459 e. The van der Waals surface area contributed by atoms with Crippen molar-refractivity contribution in [1.82, 2.24) is 25.1 Å². The molecule has 0 spiro atoms. The van der Waals surface area contributed by atoms with E-state index in [0.717, 1.165) is 11.3 Å². The number of tetrazole rings is 1. The molecular weight excluding hydrogens is 399 g/mol. The second kappa shape index (κ2) is 8.58. The Balaban J connectivity index is 1.64. The molecule has 0 saturated carbocycles. The van der Waals surface area contributed by atoms with E-state index < -0.39 is 0 Å². The van der Waals surface area contributed by atoms with E-state index in [-0.39, 0.29) is 23.3 Å². The minimum Gasteiger partial charge on any atom is -0.459 e. The van der Waals surface area contributed by atoms with Gasteiger partial charge in [-0.3, -0.25) is 4.79 Å². The molecule has 0 aliphatic carbocycles. The highest BCUT2D eigenvalue weighted by Crippen LogP contribution is 2.26. The molecule has 2 aromatic heterocycles. The van der Waals surface area contributed by atoms with Crippen LogP contribution in [0.15, 0.2) is 47.1 Å². The number of furan rings is 1. The van der Waals surface area contributed by atoms with Crippen LogP contribution >= 0.6 is 0 Å². The van der Waals surface area contributed by atoms with Gasteiger partial charge in [0.2, 0.25) is 5.82 Å². The number of carbonyl (C=O) groups excluding carboxylic acids is 1. The number of nitrogens with one attached hydrogen (secondary N) is 1. The Labute approximate surface area is 180 Å². The molecule has 3 aromatic rings. The van der Waals surface area contributed by atoms with Gasteiger partial charge >= 0.3 is 0 Å². The Morgan fingerprint density at radius 3 is 2.61 bits per heavy atom. The molecule has 1 aliphatic rings.